The van der Waals surface area contributed by atoms with Gasteiger partial charge in [0.2, 0.25) is 0 Å². The quantitative estimate of drug-likeness (QED) is 0.264. The fraction of sp³-hybridized carbons (Fsp3) is 0.531. The van der Waals surface area contributed by atoms with Crippen LogP contribution in [0.4, 0.5) is 13.6 Å². The van der Waals surface area contributed by atoms with E-state index in [2.05, 4.69) is 0 Å². The van der Waals surface area contributed by atoms with Crippen molar-refractivity contribution in [1.29, 1.82) is 0 Å². The highest BCUT2D eigenvalue weighted by molar-refractivity contribution is 6.05. The monoisotopic (exact) mass is 587 g/mol. The number of carbonyl (C=O) groups excluding carboxylic acids is 3. The second kappa shape index (κ2) is 13.6. The maximum absolute atomic E-state index is 14.8. The standard InChI is InChI=1S/C32H39F2NO7/c1-5-39-30(37)25-17-35(31(38)42-32(2,3)4)27(28(25)36)19-40-23-13-11-21(12-14-23)24-15-22(33)16-26(34)29(24)41-18-20-9-7-6-8-10-20/h6-10,15-16,21,23,25,27H,5,11-14,17-19H2,1-4H3/t21-,23+,25?,27?. The summed E-state index contributed by atoms with van der Waals surface area (Å²) in [5.41, 5.74) is 0.573. The van der Waals surface area contributed by atoms with E-state index in [-0.39, 0.29) is 44.1 Å². The zero-order valence-corrected chi connectivity index (χ0v) is 24.6. The van der Waals surface area contributed by atoms with Crippen LogP contribution in [0, 0.1) is 17.6 Å². The average Bonchev–Trinajstić information content (AvgIpc) is 3.27. The van der Waals surface area contributed by atoms with Gasteiger partial charge in [0.05, 0.1) is 19.3 Å². The van der Waals surface area contributed by atoms with Crippen LogP contribution in [0.3, 0.4) is 0 Å². The van der Waals surface area contributed by atoms with Gasteiger partial charge >= 0.3 is 12.1 Å². The van der Waals surface area contributed by atoms with Crippen molar-refractivity contribution in [2.75, 3.05) is 19.8 Å². The Morgan fingerprint density at radius 1 is 1.02 bits per heavy atom. The number of ether oxygens (including phenoxy) is 4. The summed E-state index contributed by atoms with van der Waals surface area (Å²) in [4.78, 5) is 39.7. The normalized spacial score (nSPS) is 22.6. The van der Waals surface area contributed by atoms with Crippen LogP contribution in [0.15, 0.2) is 42.5 Å². The lowest BCUT2D eigenvalue weighted by atomic mass is 9.82. The first-order valence-corrected chi connectivity index (χ1v) is 14.4. The molecule has 0 spiro atoms. The minimum absolute atomic E-state index is 0.0548. The number of nitrogens with zero attached hydrogens (tertiary/aromatic N) is 1. The summed E-state index contributed by atoms with van der Waals surface area (Å²) in [6.07, 6.45) is 1.41. The van der Waals surface area contributed by atoms with Crippen LogP contribution < -0.4 is 4.74 Å². The van der Waals surface area contributed by atoms with Gasteiger partial charge in [-0.25, -0.2) is 13.6 Å². The first-order valence-electron chi connectivity index (χ1n) is 14.4. The molecule has 2 aromatic carbocycles. The minimum Gasteiger partial charge on any atom is -0.486 e. The van der Waals surface area contributed by atoms with Gasteiger partial charge in [0, 0.05) is 18.2 Å². The van der Waals surface area contributed by atoms with Gasteiger partial charge in [-0.1, -0.05) is 30.3 Å². The Bertz CT molecular complexity index is 1260. The van der Waals surface area contributed by atoms with Crippen LogP contribution in [0.1, 0.15) is 70.4 Å². The molecular weight excluding hydrogens is 548 g/mol. The lowest BCUT2D eigenvalue weighted by Crippen LogP contribution is -2.44. The van der Waals surface area contributed by atoms with Crippen LogP contribution in [0.5, 0.6) is 5.75 Å². The number of rotatable bonds is 9. The Morgan fingerprint density at radius 3 is 2.36 bits per heavy atom. The molecule has 8 nitrogen and oxygen atoms in total. The van der Waals surface area contributed by atoms with E-state index < -0.39 is 47.0 Å². The number of ketones is 1. The Morgan fingerprint density at radius 2 is 1.71 bits per heavy atom. The molecule has 1 heterocycles. The molecule has 2 fully saturated rings. The van der Waals surface area contributed by atoms with E-state index in [1.165, 1.54) is 11.0 Å². The minimum atomic E-state index is -1.10. The van der Waals surface area contributed by atoms with E-state index in [0.717, 1.165) is 11.6 Å². The third kappa shape index (κ3) is 7.85. The third-order valence-electron chi connectivity index (χ3n) is 7.49. The number of likely N-dealkylation sites (tertiary alicyclic amines) is 1. The van der Waals surface area contributed by atoms with Crippen molar-refractivity contribution in [3.05, 3.63) is 65.2 Å². The number of amides is 1. The molecule has 0 radical (unpaired) electrons. The van der Waals surface area contributed by atoms with Crippen molar-refractivity contribution in [3.8, 4) is 5.75 Å². The first kappa shape index (κ1) is 31.4. The van der Waals surface area contributed by atoms with Gasteiger partial charge in [-0.3, -0.25) is 14.5 Å². The molecule has 0 aromatic heterocycles. The molecule has 1 amide bonds. The highest BCUT2D eigenvalue weighted by Crippen LogP contribution is 2.40. The molecule has 0 N–H and O–H groups in total. The van der Waals surface area contributed by atoms with E-state index in [1.54, 1.807) is 27.7 Å². The summed E-state index contributed by atoms with van der Waals surface area (Å²) in [7, 11) is 0. The molecule has 228 valence electrons. The molecule has 4 rings (SSSR count). The van der Waals surface area contributed by atoms with Crippen LogP contribution in [0.25, 0.3) is 0 Å². The molecule has 2 unspecified atom stereocenters. The summed E-state index contributed by atoms with van der Waals surface area (Å²) >= 11 is 0. The van der Waals surface area contributed by atoms with E-state index >= 15 is 0 Å². The molecule has 1 aliphatic carbocycles. The number of carbonyl (C=O) groups is 3. The largest absolute Gasteiger partial charge is 0.486 e. The predicted molar refractivity (Wildman–Crippen MR) is 150 cm³/mol. The maximum Gasteiger partial charge on any atom is 0.411 e. The lowest BCUT2D eigenvalue weighted by molar-refractivity contribution is -0.150. The number of esters is 1. The van der Waals surface area contributed by atoms with Crippen LogP contribution in [-0.2, 0) is 30.4 Å². The summed E-state index contributed by atoms with van der Waals surface area (Å²) in [5.74, 6) is -3.70. The van der Waals surface area contributed by atoms with Crippen molar-refractivity contribution in [1.82, 2.24) is 4.90 Å². The Kier molecular flexibility index (Phi) is 10.2. The zero-order chi connectivity index (χ0) is 30.4. The Labute approximate surface area is 245 Å². The van der Waals surface area contributed by atoms with Gasteiger partial charge in [-0.2, -0.15) is 0 Å². The van der Waals surface area contributed by atoms with Crippen molar-refractivity contribution in [2.24, 2.45) is 5.92 Å². The second-order valence-electron chi connectivity index (χ2n) is 11.7. The van der Waals surface area contributed by atoms with E-state index in [9.17, 15) is 23.2 Å². The molecule has 2 aromatic rings. The summed E-state index contributed by atoms with van der Waals surface area (Å²) in [6, 6.07) is 10.5. The molecule has 2 atom stereocenters. The van der Waals surface area contributed by atoms with E-state index in [1.807, 2.05) is 30.3 Å². The van der Waals surface area contributed by atoms with Gasteiger partial charge < -0.3 is 18.9 Å². The second-order valence-corrected chi connectivity index (χ2v) is 11.7. The van der Waals surface area contributed by atoms with Crippen LogP contribution >= 0.6 is 0 Å². The van der Waals surface area contributed by atoms with Gasteiger partial charge in [-0.05, 0) is 70.9 Å². The highest BCUT2D eigenvalue weighted by atomic mass is 19.1. The first-order chi connectivity index (χ1) is 20.0. The van der Waals surface area contributed by atoms with Gasteiger partial charge in [-0.15, -0.1) is 0 Å². The van der Waals surface area contributed by atoms with Gasteiger partial charge in [0.25, 0.3) is 0 Å². The number of hydrogen-bond donors (Lipinski definition) is 0. The lowest BCUT2D eigenvalue weighted by Gasteiger charge is -2.32. The average molecular weight is 588 g/mol. The number of halogens is 2. The fourth-order valence-electron chi connectivity index (χ4n) is 5.46. The van der Waals surface area contributed by atoms with Crippen LogP contribution in [0.2, 0.25) is 0 Å². The fourth-order valence-corrected chi connectivity index (χ4v) is 5.46. The number of benzene rings is 2. The van der Waals surface area contributed by atoms with E-state index in [0.29, 0.717) is 31.2 Å². The molecule has 2 aliphatic rings. The van der Waals surface area contributed by atoms with E-state index in [4.69, 9.17) is 18.9 Å². The summed E-state index contributed by atoms with van der Waals surface area (Å²) in [5, 5.41) is 0. The van der Waals surface area contributed by atoms with Crippen molar-refractivity contribution < 1.29 is 42.1 Å². The predicted octanol–water partition coefficient (Wildman–Crippen LogP) is 5.95. The SMILES string of the molecule is CCOC(=O)C1CN(C(=O)OC(C)(C)C)C(CO[C@H]2CC[C@@H](c3cc(F)cc(F)c3OCc3ccccc3)CC2)C1=O. The van der Waals surface area contributed by atoms with Gasteiger partial charge in [0.1, 0.15) is 30.0 Å². The molecule has 1 saturated heterocycles. The topological polar surface area (TPSA) is 91.4 Å². The smallest absolute Gasteiger partial charge is 0.411 e. The highest BCUT2D eigenvalue weighted by Gasteiger charge is 2.48. The Hall–Kier alpha value is -3.53. The molecule has 1 aliphatic heterocycles. The number of Topliss-reactive ketones (excluding diaryl/α,β-unsaturated/α-hetero) is 1. The molecule has 1 saturated carbocycles. The van der Waals surface area contributed by atoms with Gasteiger partial charge in [0.15, 0.2) is 17.3 Å². The zero-order valence-electron chi connectivity index (χ0n) is 24.6. The third-order valence-corrected chi connectivity index (χ3v) is 7.49. The Balaban J connectivity index is 1.39. The molecule has 42 heavy (non-hydrogen) atoms. The van der Waals surface area contributed by atoms with Crippen molar-refractivity contribution in [2.45, 2.75) is 83.6 Å². The molecular formula is C32H39F2NO7. The van der Waals surface area contributed by atoms with Crippen molar-refractivity contribution in [3.63, 3.8) is 0 Å². The summed E-state index contributed by atoms with van der Waals surface area (Å²) < 4.78 is 51.5. The van der Waals surface area contributed by atoms with Crippen molar-refractivity contribution >= 4 is 17.8 Å². The molecule has 0 bridgehead atoms. The molecule has 10 heteroatoms. The number of hydrogen-bond acceptors (Lipinski definition) is 7. The maximum atomic E-state index is 14.8. The van der Waals surface area contributed by atoms with Crippen LogP contribution in [-0.4, -0.2) is 60.3 Å². The summed E-state index contributed by atoms with van der Waals surface area (Å²) in [6.45, 7) is 6.86.